The highest BCUT2D eigenvalue weighted by Gasteiger charge is 2.34. The molecular weight excluding hydrogens is 402 g/mol. The lowest BCUT2D eigenvalue weighted by Gasteiger charge is -2.25. The molecular formula is C27H27NO4. The summed E-state index contributed by atoms with van der Waals surface area (Å²) in [5.41, 5.74) is 10.0. The van der Waals surface area contributed by atoms with E-state index in [0.29, 0.717) is 5.76 Å². The molecule has 0 spiro atoms. The summed E-state index contributed by atoms with van der Waals surface area (Å²) in [5, 5.41) is 9.13. The lowest BCUT2D eigenvalue weighted by molar-refractivity contribution is 0.0656. The summed E-state index contributed by atoms with van der Waals surface area (Å²) in [4.78, 5) is 16.1. The van der Waals surface area contributed by atoms with Crippen LogP contribution in [0.2, 0.25) is 0 Å². The van der Waals surface area contributed by atoms with E-state index in [2.05, 4.69) is 39.0 Å². The van der Waals surface area contributed by atoms with Gasteiger partial charge in [0, 0.05) is 17.7 Å². The van der Waals surface area contributed by atoms with Gasteiger partial charge >= 0.3 is 5.97 Å². The Balaban J connectivity index is 1.52. The van der Waals surface area contributed by atoms with Crippen molar-refractivity contribution in [1.82, 2.24) is 0 Å². The topological polar surface area (TPSA) is 72.0 Å². The summed E-state index contributed by atoms with van der Waals surface area (Å²) in [6.45, 7) is 6.53. The van der Waals surface area contributed by atoms with Gasteiger partial charge in [0.2, 0.25) is 5.76 Å². The van der Waals surface area contributed by atoms with Crippen LogP contribution in [0.3, 0.4) is 0 Å². The number of aryl methyl sites for hydroxylation is 3. The number of ether oxygens (including phenoxy) is 1. The van der Waals surface area contributed by atoms with Crippen LogP contribution in [0.5, 0.6) is 5.95 Å². The highest BCUT2D eigenvalue weighted by Crippen LogP contribution is 2.44. The number of furan rings is 1. The van der Waals surface area contributed by atoms with Crippen LogP contribution in [0, 0.1) is 26.7 Å². The molecule has 1 aromatic carbocycles. The smallest absolute Gasteiger partial charge is 0.371 e. The van der Waals surface area contributed by atoms with Crippen LogP contribution in [0.4, 0.5) is 0 Å². The summed E-state index contributed by atoms with van der Waals surface area (Å²) in [7, 11) is 0. The summed E-state index contributed by atoms with van der Waals surface area (Å²) in [5.74, 6) is -0.237. The van der Waals surface area contributed by atoms with Crippen LogP contribution >= 0.6 is 0 Å². The first-order valence-electron chi connectivity index (χ1n) is 11.2. The van der Waals surface area contributed by atoms with Gasteiger partial charge in [0.05, 0.1) is 0 Å². The van der Waals surface area contributed by atoms with E-state index in [1.54, 1.807) is 0 Å². The zero-order valence-electron chi connectivity index (χ0n) is 18.7. The molecule has 2 aromatic rings. The van der Waals surface area contributed by atoms with Crippen LogP contribution in [-0.2, 0) is 6.42 Å². The number of benzene rings is 1. The summed E-state index contributed by atoms with van der Waals surface area (Å²) >= 11 is 0. The third kappa shape index (κ3) is 3.62. The fourth-order valence-corrected chi connectivity index (χ4v) is 5.21. The molecule has 32 heavy (non-hydrogen) atoms. The zero-order valence-corrected chi connectivity index (χ0v) is 18.7. The molecule has 2 aliphatic carbocycles. The lowest BCUT2D eigenvalue weighted by Crippen LogP contribution is -2.16. The number of hydrogen-bond donors (Lipinski definition) is 1. The SMILES string of the molecule is Cc1cc(C)c(CC2C=CC(Oc3ccc(C(=O)O)o3)=C3N=C4CCCCC4=C32)c(C)c1. The molecule has 1 aliphatic heterocycles. The molecule has 0 amide bonds. The summed E-state index contributed by atoms with van der Waals surface area (Å²) in [6, 6.07) is 7.46. The predicted octanol–water partition coefficient (Wildman–Crippen LogP) is 6.25. The number of hydrogen-bond acceptors (Lipinski definition) is 4. The first-order valence-corrected chi connectivity index (χ1v) is 11.2. The number of aliphatic imine (C=N–C) groups is 1. The largest absolute Gasteiger partial charge is 0.475 e. The second-order valence-corrected chi connectivity index (χ2v) is 8.94. The van der Waals surface area contributed by atoms with Crippen LogP contribution in [0.1, 0.15) is 58.5 Å². The van der Waals surface area contributed by atoms with Crippen molar-refractivity contribution in [3.8, 4) is 5.95 Å². The third-order valence-corrected chi connectivity index (χ3v) is 6.62. The monoisotopic (exact) mass is 429 g/mol. The van der Waals surface area contributed by atoms with E-state index >= 15 is 0 Å². The number of fused-ring (bicyclic) bond motifs is 2. The van der Waals surface area contributed by atoms with Gasteiger partial charge in [-0.15, -0.1) is 0 Å². The molecule has 0 saturated heterocycles. The Morgan fingerprint density at radius 3 is 2.62 bits per heavy atom. The number of carboxylic acid groups (broad SMARTS) is 1. The second-order valence-electron chi connectivity index (χ2n) is 8.94. The molecule has 1 saturated carbocycles. The van der Waals surface area contributed by atoms with Gasteiger partial charge < -0.3 is 14.3 Å². The molecule has 1 unspecified atom stereocenters. The van der Waals surface area contributed by atoms with Crippen molar-refractivity contribution in [1.29, 1.82) is 0 Å². The molecule has 5 rings (SSSR count). The predicted molar refractivity (Wildman–Crippen MR) is 123 cm³/mol. The Bertz CT molecular complexity index is 1220. The van der Waals surface area contributed by atoms with E-state index in [0.717, 1.165) is 31.4 Å². The molecule has 5 heteroatoms. The molecule has 164 valence electrons. The van der Waals surface area contributed by atoms with Crippen molar-refractivity contribution in [2.75, 3.05) is 0 Å². The van der Waals surface area contributed by atoms with Crippen molar-refractivity contribution in [3.63, 3.8) is 0 Å². The van der Waals surface area contributed by atoms with Crippen molar-refractivity contribution < 1.29 is 19.1 Å². The minimum absolute atomic E-state index is 0.140. The highest BCUT2D eigenvalue weighted by atomic mass is 16.6. The van der Waals surface area contributed by atoms with Gasteiger partial charge in [0.15, 0.2) is 5.76 Å². The van der Waals surface area contributed by atoms with E-state index in [1.807, 2.05) is 6.08 Å². The minimum Gasteiger partial charge on any atom is -0.475 e. The molecule has 3 aliphatic rings. The number of rotatable bonds is 5. The Morgan fingerprint density at radius 2 is 1.91 bits per heavy atom. The second kappa shape index (κ2) is 7.97. The fraction of sp³-hybridized carbons (Fsp3) is 0.333. The maximum absolute atomic E-state index is 11.1. The molecule has 2 heterocycles. The molecule has 0 bridgehead atoms. The molecule has 1 N–H and O–H groups in total. The number of aromatic carboxylic acids is 1. The Kier molecular flexibility index (Phi) is 5.12. The van der Waals surface area contributed by atoms with Crippen LogP contribution in [0.25, 0.3) is 0 Å². The van der Waals surface area contributed by atoms with E-state index in [9.17, 15) is 4.79 Å². The quantitative estimate of drug-likeness (QED) is 0.610. The number of carboxylic acids is 1. The van der Waals surface area contributed by atoms with Crippen LogP contribution < -0.4 is 4.74 Å². The van der Waals surface area contributed by atoms with Gasteiger partial charge in [-0.05, 0) is 92.9 Å². The average Bonchev–Trinajstić information content (AvgIpc) is 3.37. The Hall–Kier alpha value is -3.34. The maximum atomic E-state index is 11.1. The van der Waals surface area contributed by atoms with Crippen LogP contribution in [0.15, 0.2) is 68.4 Å². The van der Waals surface area contributed by atoms with Crippen LogP contribution in [-0.4, -0.2) is 16.8 Å². The van der Waals surface area contributed by atoms with Crippen molar-refractivity contribution in [2.24, 2.45) is 10.9 Å². The summed E-state index contributed by atoms with van der Waals surface area (Å²) in [6.07, 6.45) is 9.48. The van der Waals surface area contributed by atoms with Crippen molar-refractivity contribution in [3.05, 3.63) is 87.0 Å². The highest BCUT2D eigenvalue weighted by molar-refractivity contribution is 6.06. The molecule has 1 fully saturated rings. The normalized spacial score (nSPS) is 19.7. The standard InChI is InChI=1S/C27H27NO4/c1-15-12-16(2)20(17(3)13-15)14-18-8-9-22(31-24-11-10-23(32-24)27(29)30)26-25(18)19-6-4-5-7-21(19)28-26/h8-13,18H,4-7,14H2,1-3H3,(H,29,30). The molecule has 1 aromatic heterocycles. The first-order chi connectivity index (χ1) is 15.4. The molecule has 0 radical (unpaired) electrons. The van der Waals surface area contributed by atoms with E-state index < -0.39 is 5.97 Å². The zero-order chi connectivity index (χ0) is 22.4. The van der Waals surface area contributed by atoms with E-state index in [4.69, 9.17) is 19.3 Å². The first kappa shape index (κ1) is 20.6. The van der Waals surface area contributed by atoms with Crippen molar-refractivity contribution >= 4 is 11.7 Å². The lowest BCUT2D eigenvalue weighted by atomic mass is 9.79. The van der Waals surface area contributed by atoms with Gasteiger partial charge in [0.1, 0.15) is 5.70 Å². The number of allylic oxidation sites excluding steroid dienone is 4. The molecule has 5 nitrogen and oxygen atoms in total. The van der Waals surface area contributed by atoms with E-state index in [-0.39, 0.29) is 17.6 Å². The van der Waals surface area contributed by atoms with Gasteiger partial charge in [-0.2, -0.15) is 0 Å². The fourth-order valence-electron chi connectivity index (χ4n) is 5.21. The Morgan fingerprint density at radius 1 is 1.16 bits per heavy atom. The maximum Gasteiger partial charge on any atom is 0.371 e. The van der Waals surface area contributed by atoms with E-state index in [1.165, 1.54) is 57.7 Å². The summed E-state index contributed by atoms with van der Waals surface area (Å²) < 4.78 is 11.3. The van der Waals surface area contributed by atoms with Gasteiger partial charge in [-0.25, -0.2) is 9.79 Å². The Labute approximate surface area is 187 Å². The van der Waals surface area contributed by atoms with Crippen molar-refractivity contribution in [2.45, 2.75) is 52.9 Å². The molecule has 1 atom stereocenters. The minimum atomic E-state index is -1.12. The number of nitrogens with zero attached hydrogens (tertiary/aromatic N) is 1. The number of carbonyl (C=O) groups is 1. The van der Waals surface area contributed by atoms with Gasteiger partial charge in [-0.3, -0.25) is 0 Å². The van der Waals surface area contributed by atoms with Gasteiger partial charge in [0.25, 0.3) is 5.95 Å². The van der Waals surface area contributed by atoms with Gasteiger partial charge in [-0.1, -0.05) is 23.8 Å². The third-order valence-electron chi connectivity index (χ3n) is 6.62. The average molecular weight is 430 g/mol.